The molecule has 0 aliphatic rings. The maximum absolute atomic E-state index is 13.0. The summed E-state index contributed by atoms with van der Waals surface area (Å²) in [5.74, 6) is -1.49. The lowest BCUT2D eigenvalue weighted by Gasteiger charge is -2.21. The van der Waals surface area contributed by atoms with Crippen molar-refractivity contribution in [2.24, 2.45) is 0 Å². The van der Waals surface area contributed by atoms with E-state index < -0.39 is 57.8 Å². The molecule has 0 radical (unpaired) electrons. The number of hydrogen-bond acceptors (Lipinski definition) is 10. The first kappa shape index (κ1) is 78.4. The van der Waals surface area contributed by atoms with Gasteiger partial charge >= 0.3 is 25.7 Å². The molecule has 12 heteroatoms. The number of ether oxygens (including phenoxy) is 3. The minimum atomic E-state index is -4.77. The maximum atomic E-state index is 13.0. The fourth-order valence-electron chi connectivity index (χ4n) is 8.94. The maximum Gasteiger partial charge on any atom is 0.472 e. The van der Waals surface area contributed by atoms with Gasteiger partial charge in [-0.2, -0.15) is 0 Å². The fraction of sp³-hybridized carbons (Fsp3) is 0.729. The van der Waals surface area contributed by atoms with Gasteiger partial charge < -0.3 is 24.2 Å². The Hall–Kier alpha value is -3.60. The van der Waals surface area contributed by atoms with E-state index in [9.17, 15) is 28.9 Å². The monoisotopic (exact) mass is 1170 g/mol. The molecule has 0 rings (SSSR count). The summed E-state index contributed by atoms with van der Waals surface area (Å²) in [6.45, 7) is 4.50. The van der Waals surface area contributed by atoms with E-state index in [2.05, 4.69) is 118 Å². The number of rotatable bonds is 61. The molecule has 0 spiro atoms. The third-order valence-electron chi connectivity index (χ3n) is 14.0. The summed E-state index contributed by atoms with van der Waals surface area (Å²) in [6, 6.07) is 0. The molecule has 0 aromatic carbocycles. The second kappa shape index (κ2) is 63.4. The minimum Gasteiger partial charge on any atom is -0.462 e. The molecule has 3 atom stereocenters. The van der Waals surface area contributed by atoms with Crippen LogP contribution in [0.2, 0.25) is 0 Å². The quantitative estimate of drug-likeness (QED) is 0.0197. The average Bonchev–Trinajstić information content (AvgIpc) is 3.50. The molecule has 0 aromatic rings. The molecule has 2 N–H and O–H groups in total. The van der Waals surface area contributed by atoms with Crippen molar-refractivity contribution >= 4 is 25.7 Å². The van der Waals surface area contributed by atoms with Crippen LogP contribution in [-0.4, -0.2) is 66.5 Å². The molecule has 0 saturated carbocycles. The highest BCUT2D eigenvalue weighted by Gasteiger charge is 2.28. The number of hydrogen-bond donors (Lipinski definition) is 2. The Balaban J connectivity index is 4.73. The van der Waals surface area contributed by atoms with Crippen LogP contribution in [-0.2, 0) is 42.2 Å². The van der Waals surface area contributed by atoms with Crippen molar-refractivity contribution < 1.29 is 52.2 Å². The Kier molecular flexibility index (Phi) is 60.6. The van der Waals surface area contributed by atoms with Gasteiger partial charge in [0.2, 0.25) is 0 Å². The lowest BCUT2D eigenvalue weighted by Crippen LogP contribution is -2.30. The summed E-state index contributed by atoms with van der Waals surface area (Å²) in [5.41, 5.74) is 0. The zero-order chi connectivity index (χ0) is 59.8. The summed E-state index contributed by atoms with van der Waals surface area (Å²) in [7, 11) is -4.77. The van der Waals surface area contributed by atoms with Crippen LogP contribution in [0.1, 0.15) is 290 Å². The van der Waals surface area contributed by atoms with E-state index in [1.807, 2.05) is 0 Å². The number of aliphatic hydroxyl groups is 1. The van der Waals surface area contributed by atoms with Gasteiger partial charge in [-0.3, -0.25) is 23.4 Å². The van der Waals surface area contributed by atoms with E-state index in [4.69, 9.17) is 23.3 Å². The number of phosphoric acid groups is 1. The van der Waals surface area contributed by atoms with Crippen molar-refractivity contribution in [2.75, 3.05) is 26.4 Å². The molecule has 0 amide bonds. The standard InChI is InChI=1S/C70H121O11P/c1-4-7-10-13-16-19-22-25-28-31-33-36-39-42-45-48-51-54-57-60-69(73)80-66(62-71)64-78-82(75,76)79-65-67(63-77-68(72)59-56-53-50-47-44-41-38-35-30-27-24-21-18-15-12-9-6-3)81-70(74)61-58-55-52-49-46-43-40-37-34-32-29-26-23-20-17-14-11-8-5-2/h8,11,16-17,19-20,25-30,33-34,36-37,66-67,71H,4-7,9-10,12-15,18,21-24,31-32,35,38-65H2,1-3H3,(H,75,76)/b11-8-,19-16-,20-17-,28-25-,29-26-,30-27-,36-33-,37-34-. The van der Waals surface area contributed by atoms with E-state index in [0.29, 0.717) is 19.3 Å². The predicted octanol–water partition coefficient (Wildman–Crippen LogP) is 20.4. The summed E-state index contributed by atoms with van der Waals surface area (Å²) >= 11 is 0. The zero-order valence-electron chi connectivity index (χ0n) is 52.4. The van der Waals surface area contributed by atoms with Crippen molar-refractivity contribution in [3.8, 4) is 0 Å². The summed E-state index contributed by atoms with van der Waals surface area (Å²) < 4.78 is 39.7. The third kappa shape index (κ3) is 61.0. The van der Waals surface area contributed by atoms with E-state index >= 15 is 0 Å². The van der Waals surface area contributed by atoms with Gasteiger partial charge in [-0.1, -0.05) is 246 Å². The first-order valence-corrected chi connectivity index (χ1v) is 34.6. The normalized spacial score (nSPS) is 13.9. The minimum absolute atomic E-state index is 0.146. The molecule has 0 aromatic heterocycles. The molecule has 0 saturated heterocycles. The lowest BCUT2D eigenvalue weighted by atomic mass is 10.1. The highest BCUT2D eigenvalue weighted by molar-refractivity contribution is 7.47. The van der Waals surface area contributed by atoms with E-state index in [-0.39, 0.29) is 25.9 Å². The van der Waals surface area contributed by atoms with Crippen molar-refractivity contribution in [3.05, 3.63) is 97.2 Å². The van der Waals surface area contributed by atoms with Crippen LogP contribution in [0.25, 0.3) is 0 Å². The Bertz CT molecular complexity index is 1750. The van der Waals surface area contributed by atoms with E-state index in [1.165, 1.54) is 89.9 Å². The molecule has 11 nitrogen and oxygen atoms in total. The number of esters is 3. The largest absolute Gasteiger partial charge is 0.472 e. The van der Waals surface area contributed by atoms with Crippen molar-refractivity contribution in [1.29, 1.82) is 0 Å². The van der Waals surface area contributed by atoms with Crippen molar-refractivity contribution in [3.63, 3.8) is 0 Å². The van der Waals surface area contributed by atoms with Gasteiger partial charge in [-0.05, 0) is 122 Å². The molecule has 472 valence electrons. The van der Waals surface area contributed by atoms with Crippen LogP contribution >= 0.6 is 7.82 Å². The second-order valence-corrected chi connectivity index (χ2v) is 23.3. The van der Waals surface area contributed by atoms with Crippen LogP contribution in [0.5, 0.6) is 0 Å². The van der Waals surface area contributed by atoms with Crippen molar-refractivity contribution in [2.45, 2.75) is 303 Å². The van der Waals surface area contributed by atoms with Gasteiger partial charge in [0.05, 0.1) is 19.8 Å². The van der Waals surface area contributed by atoms with Gasteiger partial charge in [0, 0.05) is 19.3 Å². The predicted molar refractivity (Wildman–Crippen MR) is 344 cm³/mol. The van der Waals surface area contributed by atoms with Gasteiger partial charge in [-0.25, -0.2) is 4.57 Å². The Morgan fingerprint density at radius 2 is 0.634 bits per heavy atom. The summed E-state index contributed by atoms with van der Waals surface area (Å²) in [6.07, 6.45) is 76.3. The first-order chi connectivity index (χ1) is 40.2. The highest BCUT2D eigenvalue weighted by Crippen LogP contribution is 2.43. The molecule has 3 unspecified atom stereocenters. The molecule has 0 bridgehead atoms. The molecule has 0 heterocycles. The number of aliphatic hydroxyl groups excluding tert-OH is 1. The third-order valence-corrected chi connectivity index (χ3v) is 14.9. The molecule has 82 heavy (non-hydrogen) atoms. The highest BCUT2D eigenvalue weighted by atomic mass is 31.2. The molecule has 0 fully saturated rings. The van der Waals surface area contributed by atoms with Crippen LogP contribution in [0.3, 0.4) is 0 Å². The number of unbranched alkanes of at least 4 members (excludes halogenated alkanes) is 28. The fourth-order valence-corrected chi connectivity index (χ4v) is 9.72. The molecule has 0 aliphatic heterocycles. The Morgan fingerprint density at radius 1 is 0.354 bits per heavy atom. The van der Waals surface area contributed by atoms with E-state index in [1.54, 1.807) is 0 Å². The van der Waals surface area contributed by atoms with Gasteiger partial charge in [0.25, 0.3) is 0 Å². The van der Waals surface area contributed by atoms with E-state index in [0.717, 1.165) is 141 Å². The average molecular weight is 1170 g/mol. The van der Waals surface area contributed by atoms with Gasteiger partial charge in [0.15, 0.2) is 6.10 Å². The van der Waals surface area contributed by atoms with Crippen molar-refractivity contribution in [1.82, 2.24) is 0 Å². The van der Waals surface area contributed by atoms with Gasteiger partial charge in [0.1, 0.15) is 12.7 Å². The van der Waals surface area contributed by atoms with Crippen LogP contribution in [0.15, 0.2) is 97.2 Å². The summed E-state index contributed by atoms with van der Waals surface area (Å²) in [4.78, 5) is 48.8. The van der Waals surface area contributed by atoms with Crippen LogP contribution in [0.4, 0.5) is 0 Å². The lowest BCUT2D eigenvalue weighted by molar-refractivity contribution is -0.161. The Labute approximate surface area is 502 Å². The van der Waals surface area contributed by atoms with Crippen LogP contribution < -0.4 is 0 Å². The second-order valence-electron chi connectivity index (χ2n) is 21.9. The number of carbonyl (C=O) groups is 3. The topological polar surface area (TPSA) is 155 Å². The smallest absolute Gasteiger partial charge is 0.462 e. The number of allylic oxidation sites excluding steroid dienone is 16. The van der Waals surface area contributed by atoms with Crippen LogP contribution in [0, 0.1) is 0 Å². The molecule has 0 aliphatic carbocycles. The Morgan fingerprint density at radius 3 is 1.01 bits per heavy atom. The zero-order valence-corrected chi connectivity index (χ0v) is 53.3. The molecular weight excluding hydrogens is 1050 g/mol. The SMILES string of the molecule is CC/C=C\C/C=C\C/C=C\C/C=C\CCCCCCCCC(=O)OC(COC(=O)CCCCCCCCC/C=C\CCCCCCCC)COP(=O)(O)OCC(CO)OC(=O)CCCCCCCC/C=C\C/C=C\C/C=C\CCCCC. The molecular formula is C70H121O11P. The number of phosphoric ester groups is 1. The number of carbonyl (C=O) groups excluding carboxylic acids is 3. The summed E-state index contributed by atoms with van der Waals surface area (Å²) in [5, 5.41) is 9.87. The van der Waals surface area contributed by atoms with Gasteiger partial charge in [-0.15, -0.1) is 0 Å². The first-order valence-electron chi connectivity index (χ1n) is 33.1.